The zero-order valence-corrected chi connectivity index (χ0v) is 15.8. The van der Waals surface area contributed by atoms with E-state index in [0.717, 1.165) is 11.6 Å². The fourth-order valence-electron chi connectivity index (χ4n) is 3.27. The predicted octanol–water partition coefficient (Wildman–Crippen LogP) is 3.49. The largest absolute Gasteiger partial charge is 0.289 e. The molecule has 27 heavy (non-hydrogen) atoms. The number of hydrogen-bond donors (Lipinski definition) is 0. The van der Waals surface area contributed by atoms with Gasteiger partial charge in [-0.1, -0.05) is 41.9 Å². The molecule has 0 spiro atoms. The van der Waals surface area contributed by atoms with E-state index in [2.05, 4.69) is 6.07 Å². The van der Waals surface area contributed by atoms with Gasteiger partial charge < -0.3 is 0 Å². The van der Waals surface area contributed by atoms with Crippen molar-refractivity contribution in [1.29, 1.82) is 5.26 Å². The minimum Gasteiger partial charge on any atom is -0.258 e. The molecule has 2 aromatic carbocycles. The Bertz CT molecular complexity index is 1010. The van der Waals surface area contributed by atoms with Crippen LogP contribution in [0.15, 0.2) is 53.4 Å². The molecule has 1 aliphatic rings. The van der Waals surface area contributed by atoms with Gasteiger partial charge in [-0.2, -0.15) is 9.57 Å². The first-order valence-corrected chi connectivity index (χ1v) is 10.0. The Morgan fingerprint density at radius 3 is 2.33 bits per heavy atom. The molecule has 0 saturated carbocycles. The van der Waals surface area contributed by atoms with Crippen LogP contribution in [0.3, 0.4) is 0 Å². The van der Waals surface area contributed by atoms with Crippen LogP contribution in [-0.4, -0.2) is 30.7 Å². The molecule has 0 N–H and O–H groups in total. The molecule has 3 rings (SSSR count). The van der Waals surface area contributed by atoms with Crippen molar-refractivity contribution < 1.29 is 13.3 Å². The van der Waals surface area contributed by atoms with Crippen LogP contribution >= 0.6 is 11.6 Å². The number of halogens is 1. The molecule has 1 saturated heterocycles. The topological polar surface area (TPSA) is 104 Å². The molecular weight excluding hydrogens is 390 g/mol. The monoisotopic (exact) mass is 405 g/mol. The number of hydrogen-bond acceptors (Lipinski definition) is 5. The quantitative estimate of drug-likeness (QED) is 0.571. The molecule has 9 heteroatoms. The smallest absolute Gasteiger partial charge is 0.258 e. The van der Waals surface area contributed by atoms with Gasteiger partial charge in [-0.25, -0.2) is 8.42 Å². The fourth-order valence-corrected chi connectivity index (χ4v) is 4.92. The summed E-state index contributed by atoms with van der Waals surface area (Å²) in [5.41, 5.74) is -0.323. The molecule has 1 heterocycles. The molecule has 7 nitrogen and oxygen atoms in total. The lowest BCUT2D eigenvalue weighted by Gasteiger charge is -2.36. The van der Waals surface area contributed by atoms with Crippen LogP contribution in [0, 0.1) is 21.4 Å². The average molecular weight is 406 g/mol. The van der Waals surface area contributed by atoms with Crippen molar-refractivity contribution in [1.82, 2.24) is 4.31 Å². The van der Waals surface area contributed by atoms with Crippen LogP contribution in [0.2, 0.25) is 5.02 Å². The molecule has 0 amide bonds. The second-order valence-electron chi connectivity index (χ2n) is 6.33. The van der Waals surface area contributed by atoms with E-state index in [4.69, 9.17) is 11.6 Å². The lowest BCUT2D eigenvalue weighted by atomic mass is 9.74. The minimum atomic E-state index is -3.91. The van der Waals surface area contributed by atoms with Crippen LogP contribution in [0.1, 0.15) is 18.4 Å². The summed E-state index contributed by atoms with van der Waals surface area (Å²) in [6.45, 7) is 0.308. The van der Waals surface area contributed by atoms with Gasteiger partial charge in [0.25, 0.3) is 5.69 Å². The third-order valence-corrected chi connectivity index (χ3v) is 7.08. The van der Waals surface area contributed by atoms with E-state index >= 15 is 0 Å². The first-order valence-electron chi connectivity index (χ1n) is 8.21. The number of benzene rings is 2. The number of nitriles is 1. The van der Waals surface area contributed by atoms with Gasteiger partial charge in [0.1, 0.15) is 5.02 Å². The number of sulfonamides is 1. The minimum absolute atomic E-state index is 0.120. The second kappa shape index (κ2) is 7.27. The normalized spacial score (nSPS) is 17.2. The van der Waals surface area contributed by atoms with Gasteiger partial charge >= 0.3 is 0 Å². The van der Waals surface area contributed by atoms with Gasteiger partial charge in [-0.05, 0) is 30.5 Å². The Labute approximate surface area is 162 Å². The molecule has 0 unspecified atom stereocenters. The van der Waals surface area contributed by atoms with E-state index in [0.29, 0.717) is 12.8 Å². The van der Waals surface area contributed by atoms with Crippen molar-refractivity contribution >= 4 is 27.3 Å². The molecule has 1 aliphatic heterocycles. The van der Waals surface area contributed by atoms with Crippen molar-refractivity contribution in [3.63, 3.8) is 0 Å². The Morgan fingerprint density at radius 2 is 1.78 bits per heavy atom. The summed E-state index contributed by atoms with van der Waals surface area (Å²) in [4.78, 5) is 10.1. The highest BCUT2D eigenvalue weighted by Gasteiger charge is 2.40. The summed E-state index contributed by atoms with van der Waals surface area (Å²) in [5, 5.41) is 20.6. The first kappa shape index (κ1) is 19.3. The van der Waals surface area contributed by atoms with E-state index in [1.165, 1.54) is 16.4 Å². The lowest BCUT2D eigenvalue weighted by molar-refractivity contribution is -0.384. The van der Waals surface area contributed by atoms with Gasteiger partial charge in [0.2, 0.25) is 10.0 Å². The highest BCUT2D eigenvalue weighted by molar-refractivity contribution is 7.89. The summed E-state index contributed by atoms with van der Waals surface area (Å²) in [6, 6.07) is 15.1. The van der Waals surface area contributed by atoms with Crippen LogP contribution in [0.5, 0.6) is 0 Å². The van der Waals surface area contributed by atoms with Crippen LogP contribution in [-0.2, 0) is 15.4 Å². The lowest BCUT2D eigenvalue weighted by Crippen LogP contribution is -2.44. The van der Waals surface area contributed by atoms with E-state index in [1.807, 2.05) is 30.3 Å². The van der Waals surface area contributed by atoms with Crippen LogP contribution in [0.4, 0.5) is 5.69 Å². The van der Waals surface area contributed by atoms with Crippen LogP contribution in [0.25, 0.3) is 0 Å². The number of nitrogens with zero attached hydrogens (tertiary/aromatic N) is 3. The maximum absolute atomic E-state index is 12.9. The molecule has 0 atom stereocenters. The predicted molar refractivity (Wildman–Crippen MR) is 99.8 cm³/mol. The first-order chi connectivity index (χ1) is 12.8. The molecule has 0 radical (unpaired) electrons. The second-order valence-corrected chi connectivity index (χ2v) is 8.68. The van der Waals surface area contributed by atoms with Crippen molar-refractivity contribution in [2.24, 2.45) is 0 Å². The van der Waals surface area contributed by atoms with Crippen LogP contribution < -0.4 is 0 Å². The maximum Gasteiger partial charge on any atom is 0.289 e. The van der Waals surface area contributed by atoms with Crippen molar-refractivity contribution in [3.05, 3.63) is 69.2 Å². The van der Waals surface area contributed by atoms with E-state index in [1.54, 1.807) is 0 Å². The summed E-state index contributed by atoms with van der Waals surface area (Å²) in [6.07, 6.45) is 0.699. The summed E-state index contributed by atoms with van der Waals surface area (Å²) in [7, 11) is -3.91. The Kier molecular flexibility index (Phi) is 5.20. The summed E-state index contributed by atoms with van der Waals surface area (Å²) >= 11 is 5.76. The number of rotatable bonds is 4. The molecule has 2 aromatic rings. The molecule has 0 aliphatic carbocycles. The summed E-state index contributed by atoms with van der Waals surface area (Å²) < 4.78 is 27.0. The Morgan fingerprint density at radius 1 is 1.15 bits per heavy atom. The summed E-state index contributed by atoms with van der Waals surface area (Å²) in [5.74, 6) is 0. The van der Waals surface area contributed by atoms with Gasteiger partial charge in [-0.3, -0.25) is 10.1 Å². The van der Waals surface area contributed by atoms with Gasteiger partial charge in [0, 0.05) is 19.2 Å². The number of nitro benzene ring substituents is 1. The Hall–Kier alpha value is -2.47. The molecule has 0 bridgehead atoms. The average Bonchev–Trinajstić information content (AvgIpc) is 2.68. The van der Waals surface area contributed by atoms with E-state index in [9.17, 15) is 23.8 Å². The zero-order chi connectivity index (χ0) is 19.7. The number of nitro groups is 1. The fraction of sp³-hybridized carbons (Fsp3) is 0.278. The molecular formula is C18H16ClN3O4S. The third-order valence-electron chi connectivity index (χ3n) is 4.87. The molecule has 1 fully saturated rings. The standard InChI is InChI=1S/C18H16ClN3O4S/c19-16-7-6-15(12-17(16)22(23)24)27(25,26)21-10-8-18(13-20,9-11-21)14-4-2-1-3-5-14/h1-7,12H,8-11H2. The highest BCUT2D eigenvalue weighted by Crippen LogP contribution is 2.37. The SMILES string of the molecule is N#CC1(c2ccccc2)CCN(S(=O)(=O)c2ccc(Cl)c([N+](=O)[O-])c2)CC1. The Balaban J connectivity index is 1.86. The van der Waals surface area contributed by atoms with Gasteiger partial charge in [0.05, 0.1) is 21.3 Å². The molecule has 140 valence electrons. The maximum atomic E-state index is 12.9. The number of piperidine rings is 1. The van der Waals surface area contributed by atoms with Crippen molar-refractivity contribution in [2.45, 2.75) is 23.2 Å². The zero-order valence-electron chi connectivity index (χ0n) is 14.2. The van der Waals surface area contributed by atoms with E-state index < -0.39 is 26.0 Å². The van der Waals surface area contributed by atoms with E-state index in [-0.39, 0.29) is 23.0 Å². The third kappa shape index (κ3) is 3.54. The van der Waals surface area contributed by atoms with Gasteiger partial charge in [0.15, 0.2) is 0 Å². The van der Waals surface area contributed by atoms with Crippen molar-refractivity contribution in [2.75, 3.05) is 13.1 Å². The highest BCUT2D eigenvalue weighted by atomic mass is 35.5. The molecule has 0 aromatic heterocycles. The van der Waals surface area contributed by atoms with Crippen molar-refractivity contribution in [3.8, 4) is 6.07 Å². The van der Waals surface area contributed by atoms with Gasteiger partial charge in [-0.15, -0.1) is 0 Å².